The highest BCUT2D eigenvalue weighted by Crippen LogP contribution is 2.19. The maximum absolute atomic E-state index is 12.4. The third-order valence-electron chi connectivity index (χ3n) is 4.64. The number of nitrogens with one attached hydrogen (secondary N) is 1. The van der Waals surface area contributed by atoms with Gasteiger partial charge in [0.25, 0.3) is 5.56 Å². The van der Waals surface area contributed by atoms with Crippen LogP contribution in [0.3, 0.4) is 0 Å². The summed E-state index contributed by atoms with van der Waals surface area (Å²) >= 11 is 0. The smallest absolute Gasteiger partial charge is 0.296 e. The predicted octanol–water partition coefficient (Wildman–Crippen LogP) is 2.40. The molecule has 2 aromatic rings. The van der Waals surface area contributed by atoms with Gasteiger partial charge in [0.05, 0.1) is 17.6 Å². The Hall–Kier alpha value is -2.44. The summed E-state index contributed by atoms with van der Waals surface area (Å²) in [6.07, 6.45) is 8.23. The van der Waals surface area contributed by atoms with E-state index < -0.39 is 0 Å². The summed E-state index contributed by atoms with van der Waals surface area (Å²) in [5, 5.41) is 11.7. The van der Waals surface area contributed by atoms with Crippen LogP contribution in [0.1, 0.15) is 50.0 Å². The number of nitrogens with zero attached hydrogens (tertiary/aromatic N) is 3. The van der Waals surface area contributed by atoms with E-state index in [1.807, 2.05) is 0 Å². The molecule has 0 bridgehead atoms. The van der Waals surface area contributed by atoms with Crippen LogP contribution in [-0.4, -0.2) is 27.4 Å². The third kappa shape index (κ3) is 3.97. The van der Waals surface area contributed by atoms with Gasteiger partial charge in [0, 0.05) is 13.0 Å². The zero-order valence-corrected chi connectivity index (χ0v) is 14.8. The molecule has 0 aromatic carbocycles. The van der Waals surface area contributed by atoms with E-state index in [2.05, 4.69) is 21.6 Å². The van der Waals surface area contributed by atoms with Crippen molar-refractivity contribution < 1.29 is 9.32 Å². The Kier molecular flexibility index (Phi) is 5.31. The second kappa shape index (κ2) is 7.63. The van der Waals surface area contributed by atoms with Gasteiger partial charge in [0.15, 0.2) is 5.52 Å². The van der Waals surface area contributed by atoms with Crippen LogP contribution in [0.25, 0.3) is 10.9 Å². The van der Waals surface area contributed by atoms with Gasteiger partial charge in [-0.3, -0.25) is 9.59 Å². The van der Waals surface area contributed by atoms with Gasteiger partial charge in [-0.15, -0.1) is 0 Å². The summed E-state index contributed by atoms with van der Waals surface area (Å²) in [4.78, 5) is 24.4. The molecular formula is C18H24N4O3. The minimum absolute atomic E-state index is 0.0702. The summed E-state index contributed by atoms with van der Waals surface area (Å²) in [6.45, 7) is 4.44. The second-order valence-electron chi connectivity index (χ2n) is 6.53. The highest BCUT2D eigenvalue weighted by molar-refractivity contribution is 5.81. The van der Waals surface area contributed by atoms with Crippen molar-refractivity contribution in [1.29, 1.82) is 0 Å². The molecule has 3 rings (SSSR count). The number of allylic oxidation sites excluding steroid dienone is 1. The number of fused-ring (bicyclic) bond motifs is 1. The fraction of sp³-hybridized carbons (Fsp3) is 0.556. The van der Waals surface area contributed by atoms with Crippen LogP contribution in [-0.2, 0) is 11.3 Å². The number of hydrogen-bond acceptors (Lipinski definition) is 5. The van der Waals surface area contributed by atoms with Crippen LogP contribution in [0, 0.1) is 13.8 Å². The molecule has 1 N–H and O–H groups in total. The van der Waals surface area contributed by atoms with E-state index >= 15 is 0 Å². The highest BCUT2D eigenvalue weighted by atomic mass is 16.5. The highest BCUT2D eigenvalue weighted by Gasteiger charge is 2.15. The Labute approximate surface area is 146 Å². The van der Waals surface area contributed by atoms with E-state index in [9.17, 15) is 9.59 Å². The van der Waals surface area contributed by atoms with Crippen LogP contribution in [0.2, 0.25) is 0 Å². The monoisotopic (exact) mass is 344 g/mol. The molecule has 0 radical (unpaired) electrons. The maximum atomic E-state index is 12.4. The SMILES string of the molecule is Cc1nn(CCC(=O)NCCC2=CCCCC2)c(=O)c2noc(C)c12. The first-order valence-corrected chi connectivity index (χ1v) is 8.84. The lowest BCUT2D eigenvalue weighted by atomic mass is 9.97. The lowest BCUT2D eigenvalue weighted by molar-refractivity contribution is -0.121. The fourth-order valence-corrected chi connectivity index (χ4v) is 3.28. The molecule has 2 heterocycles. The average Bonchev–Trinajstić information content (AvgIpc) is 3.00. The molecule has 0 atom stereocenters. The number of carbonyl (C=O) groups excluding carboxylic acids is 1. The normalized spacial score (nSPS) is 14.6. The van der Waals surface area contributed by atoms with Crippen molar-refractivity contribution in [3.05, 3.63) is 33.5 Å². The standard InChI is InChI=1S/C18H24N4O3/c1-12-16-13(2)25-21-17(16)18(24)22(20-12)11-9-15(23)19-10-8-14-6-4-3-5-7-14/h6H,3-5,7-11H2,1-2H3,(H,19,23). The molecule has 1 aliphatic carbocycles. The van der Waals surface area contributed by atoms with E-state index in [1.165, 1.54) is 23.1 Å². The molecule has 1 aliphatic rings. The number of aryl methyl sites for hydroxylation is 3. The molecular weight excluding hydrogens is 320 g/mol. The van der Waals surface area contributed by atoms with Gasteiger partial charge in [-0.05, 0) is 46.0 Å². The molecule has 134 valence electrons. The molecule has 0 saturated carbocycles. The van der Waals surface area contributed by atoms with Gasteiger partial charge in [-0.2, -0.15) is 5.10 Å². The van der Waals surface area contributed by atoms with Gasteiger partial charge in [-0.1, -0.05) is 16.8 Å². The summed E-state index contributed by atoms with van der Waals surface area (Å²) in [5.74, 6) is 0.512. The molecule has 0 spiro atoms. The minimum atomic E-state index is -0.322. The van der Waals surface area contributed by atoms with Crippen molar-refractivity contribution in [2.24, 2.45) is 0 Å². The summed E-state index contributed by atoms with van der Waals surface area (Å²) in [6, 6.07) is 0. The molecule has 0 saturated heterocycles. The van der Waals surface area contributed by atoms with Crippen LogP contribution in [0.4, 0.5) is 0 Å². The van der Waals surface area contributed by atoms with E-state index in [4.69, 9.17) is 4.52 Å². The Balaban J connectivity index is 1.55. The zero-order chi connectivity index (χ0) is 17.8. The largest absolute Gasteiger partial charge is 0.360 e. The summed E-state index contributed by atoms with van der Waals surface area (Å²) in [5.41, 5.74) is 2.07. The predicted molar refractivity (Wildman–Crippen MR) is 94.3 cm³/mol. The number of carbonyl (C=O) groups is 1. The van der Waals surface area contributed by atoms with E-state index in [0.29, 0.717) is 23.4 Å². The molecule has 2 aromatic heterocycles. The third-order valence-corrected chi connectivity index (χ3v) is 4.64. The Morgan fingerprint density at radius 3 is 2.96 bits per heavy atom. The van der Waals surface area contributed by atoms with Gasteiger partial charge in [0.1, 0.15) is 5.76 Å². The van der Waals surface area contributed by atoms with Crippen molar-refractivity contribution in [1.82, 2.24) is 20.3 Å². The van der Waals surface area contributed by atoms with Crippen molar-refractivity contribution in [2.45, 2.75) is 58.9 Å². The molecule has 0 aliphatic heterocycles. The molecule has 0 fully saturated rings. The molecule has 25 heavy (non-hydrogen) atoms. The van der Waals surface area contributed by atoms with Crippen molar-refractivity contribution in [2.75, 3.05) is 6.54 Å². The average molecular weight is 344 g/mol. The van der Waals surface area contributed by atoms with E-state index in [1.54, 1.807) is 13.8 Å². The van der Waals surface area contributed by atoms with Crippen LogP contribution in [0.5, 0.6) is 0 Å². The topological polar surface area (TPSA) is 90.0 Å². The van der Waals surface area contributed by atoms with Crippen molar-refractivity contribution >= 4 is 16.8 Å². The quantitative estimate of drug-likeness (QED) is 0.813. The summed E-state index contributed by atoms with van der Waals surface area (Å²) < 4.78 is 6.37. The van der Waals surface area contributed by atoms with Gasteiger partial charge in [-0.25, -0.2) is 4.68 Å². The number of aromatic nitrogens is 3. The maximum Gasteiger partial charge on any atom is 0.296 e. The Morgan fingerprint density at radius 2 is 2.20 bits per heavy atom. The van der Waals surface area contributed by atoms with E-state index in [-0.39, 0.29) is 29.9 Å². The van der Waals surface area contributed by atoms with Crippen LogP contribution in [0.15, 0.2) is 21.0 Å². The lowest BCUT2D eigenvalue weighted by Gasteiger charge is -2.13. The van der Waals surface area contributed by atoms with Gasteiger partial charge in [0.2, 0.25) is 5.91 Å². The van der Waals surface area contributed by atoms with Crippen LogP contribution >= 0.6 is 0 Å². The van der Waals surface area contributed by atoms with Gasteiger partial charge >= 0.3 is 0 Å². The number of hydrogen-bond donors (Lipinski definition) is 1. The first kappa shape index (κ1) is 17.4. The van der Waals surface area contributed by atoms with Gasteiger partial charge < -0.3 is 9.84 Å². The summed E-state index contributed by atoms with van der Waals surface area (Å²) in [7, 11) is 0. The Morgan fingerprint density at radius 1 is 1.36 bits per heavy atom. The molecule has 7 heteroatoms. The molecule has 0 unspecified atom stereocenters. The van der Waals surface area contributed by atoms with Crippen molar-refractivity contribution in [3.63, 3.8) is 0 Å². The second-order valence-corrected chi connectivity index (χ2v) is 6.53. The van der Waals surface area contributed by atoms with E-state index in [0.717, 1.165) is 19.3 Å². The zero-order valence-electron chi connectivity index (χ0n) is 14.8. The molecule has 7 nitrogen and oxygen atoms in total. The fourth-order valence-electron chi connectivity index (χ4n) is 3.28. The Bertz CT molecular complexity index is 863. The van der Waals surface area contributed by atoms with Crippen LogP contribution < -0.4 is 10.9 Å². The lowest BCUT2D eigenvalue weighted by Crippen LogP contribution is -2.30. The first-order valence-electron chi connectivity index (χ1n) is 8.84. The molecule has 1 amide bonds. The first-order chi connectivity index (χ1) is 12.1. The number of amides is 1. The number of rotatable bonds is 6. The minimum Gasteiger partial charge on any atom is -0.360 e. The van der Waals surface area contributed by atoms with Crippen molar-refractivity contribution in [3.8, 4) is 0 Å².